The Bertz CT molecular complexity index is 1280. The predicted molar refractivity (Wildman–Crippen MR) is 128 cm³/mol. The summed E-state index contributed by atoms with van der Waals surface area (Å²) in [5.41, 5.74) is 4.62. The van der Waals surface area contributed by atoms with E-state index in [0.29, 0.717) is 18.2 Å². The third-order valence-electron chi connectivity index (χ3n) is 6.99. The topological polar surface area (TPSA) is 94.2 Å². The van der Waals surface area contributed by atoms with Gasteiger partial charge in [0.25, 0.3) is 5.56 Å². The third kappa shape index (κ3) is 4.40. The fourth-order valence-corrected chi connectivity index (χ4v) is 4.65. The summed E-state index contributed by atoms with van der Waals surface area (Å²) < 4.78 is 13.0. The molecule has 0 radical (unpaired) electrons. The van der Waals surface area contributed by atoms with E-state index >= 15 is 0 Å². The van der Waals surface area contributed by atoms with E-state index in [9.17, 15) is 14.0 Å². The molecule has 9 heteroatoms. The molecule has 3 aromatic heterocycles. The number of rotatable bonds is 6. The molecule has 2 saturated carbocycles. The van der Waals surface area contributed by atoms with Gasteiger partial charge in [0.05, 0.1) is 28.8 Å². The second-order valence-electron chi connectivity index (χ2n) is 9.62. The van der Waals surface area contributed by atoms with Crippen LogP contribution in [0.25, 0.3) is 11.0 Å². The number of piperazine rings is 1. The van der Waals surface area contributed by atoms with Crippen LogP contribution in [0.15, 0.2) is 41.5 Å². The van der Waals surface area contributed by atoms with Gasteiger partial charge in [0, 0.05) is 44.5 Å². The number of nitrogens with zero attached hydrogens (tertiary/aromatic N) is 4. The molecule has 2 aliphatic carbocycles. The number of carbonyl (C=O) groups is 1. The van der Waals surface area contributed by atoms with E-state index in [0.717, 1.165) is 73.4 Å². The van der Waals surface area contributed by atoms with Crippen molar-refractivity contribution in [3.8, 4) is 0 Å². The fraction of sp³-hybridized carbons (Fsp3) is 0.440. The van der Waals surface area contributed by atoms with Gasteiger partial charge < -0.3 is 15.2 Å². The maximum atomic E-state index is 13.0. The molecule has 0 bridgehead atoms. The maximum absolute atomic E-state index is 13.0. The van der Waals surface area contributed by atoms with E-state index in [1.165, 1.54) is 0 Å². The molecule has 0 spiro atoms. The van der Waals surface area contributed by atoms with Crippen molar-refractivity contribution in [2.45, 2.75) is 37.9 Å². The van der Waals surface area contributed by atoms with Gasteiger partial charge in [-0.25, -0.2) is 9.37 Å². The molecular formula is C25H27FN6O2. The Balaban J connectivity index is 1.05. The SMILES string of the molecule is O=C(Nc1ccc(N2CCN(Cc3cnc4cc(C5CC5)c(=O)[nH]c4c3)CC2)cn1)C1CC1F. The Labute approximate surface area is 196 Å². The van der Waals surface area contributed by atoms with Gasteiger partial charge in [0.15, 0.2) is 0 Å². The molecule has 34 heavy (non-hydrogen) atoms. The number of nitrogens with one attached hydrogen (secondary N) is 2. The van der Waals surface area contributed by atoms with Gasteiger partial charge in [-0.05, 0) is 55.0 Å². The van der Waals surface area contributed by atoms with Crippen LogP contribution in [-0.4, -0.2) is 58.1 Å². The molecule has 0 aromatic carbocycles. The number of hydrogen-bond acceptors (Lipinski definition) is 6. The first-order valence-corrected chi connectivity index (χ1v) is 11.9. The van der Waals surface area contributed by atoms with Crippen LogP contribution >= 0.6 is 0 Å². The average molecular weight is 463 g/mol. The molecule has 3 aromatic rings. The van der Waals surface area contributed by atoms with Gasteiger partial charge >= 0.3 is 0 Å². The molecular weight excluding hydrogens is 435 g/mol. The Morgan fingerprint density at radius 3 is 2.59 bits per heavy atom. The van der Waals surface area contributed by atoms with Gasteiger partial charge in [-0.1, -0.05) is 0 Å². The standard InChI is InChI=1S/C25H27FN6O2/c26-20-10-19(20)25(34)30-23-4-3-17(13-28-23)32-7-5-31(6-8-32)14-15-9-22-21(27-12-15)11-18(16-1-2-16)24(33)29-22/h3-4,9,11-13,16,19-20H,1-2,5-8,10,14H2,(H,29,33)(H,28,30,34). The highest BCUT2D eigenvalue weighted by molar-refractivity contribution is 5.94. The molecule has 1 saturated heterocycles. The summed E-state index contributed by atoms with van der Waals surface area (Å²) in [6.45, 7) is 4.30. The van der Waals surface area contributed by atoms with Crippen LogP contribution in [0.5, 0.6) is 0 Å². The Morgan fingerprint density at radius 2 is 1.91 bits per heavy atom. The van der Waals surface area contributed by atoms with Crippen LogP contribution in [-0.2, 0) is 11.3 Å². The van der Waals surface area contributed by atoms with Crippen molar-refractivity contribution in [2.24, 2.45) is 5.92 Å². The first-order valence-electron chi connectivity index (χ1n) is 11.9. The van der Waals surface area contributed by atoms with Gasteiger partial charge in [0.1, 0.15) is 12.0 Å². The number of aromatic amines is 1. The normalized spacial score (nSPS) is 22.7. The summed E-state index contributed by atoms with van der Waals surface area (Å²) in [4.78, 5) is 40.8. The molecule has 3 fully saturated rings. The summed E-state index contributed by atoms with van der Waals surface area (Å²) in [5, 5.41) is 2.68. The highest BCUT2D eigenvalue weighted by Crippen LogP contribution is 2.38. The summed E-state index contributed by atoms with van der Waals surface area (Å²) in [6, 6.07) is 7.70. The van der Waals surface area contributed by atoms with Crippen molar-refractivity contribution >= 4 is 28.4 Å². The molecule has 2 unspecified atom stereocenters. The highest BCUT2D eigenvalue weighted by Gasteiger charge is 2.43. The molecule has 4 heterocycles. The van der Waals surface area contributed by atoms with Crippen molar-refractivity contribution < 1.29 is 9.18 Å². The van der Waals surface area contributed by atoms with Gasteiger partial charge in [-0.15, -0.1) is 0 Å². The average Bonchev–Trinajstić information content (AvgIpc) is 3.77. The zero-order chi connectivity index (χ0) is 23.2. The largest absolute Gasteiger partial charge is 0.368 e. The predicted octanol–water partition coefficient (Wildman–Crippen LogP) is 2.81. The Hall–Kier alpha value is -3.33. The zero-order valence-corrected chi connectivity index (χ0v) is 18.8. The van der Waals surface area contributed by atoms with Crippen molar-refractivity contribution in [1.82, 2.24) is 19.9 Å². The minimum Gasteiger partial charge on any atom is -0.368 e. The molecule has 176 valence electrons. The number of anilines is 2. The van der Waals surface area contributed by atoms with Crippen molar-refractivity contribution in [1.29, 1.82) is 0 Å². The molecule has 6 rings (SSSR count). The van der Waals surface area contributed by atoms with E-state index in [2.05, 4.69) is 30.1 Å². The van der Waals surface area contributed by atoms with E-state index in [1.54, 1.807) is 12.3 Å². The van der Waals surface area contributed by atoms with E-state index in [1.807, 2.05) is 24.4 Å². The summed E-state index contributed by atoms with van der Waals surface area (Å²) >= 11 is 0. The van der Waals surface area contributed by atoms with Crippen LogP contribution in [0, 0.1) is 5.92 Å². The smallest absolute Gasteiger partial charge is 0.252 e. The Morgan fingerprint density at radius 1 is 1.12 bits per heavy atom. The molecule has 1 amide bonds. The monoisotopic (exact) mass is 462 g/mol. The first kappa shape index (κ1) is 21.2. The lowest BCUT2D eigenvalue weighted by molar-refractivity contribution is -0.117. The highest BCUT2D eigenvalue weighted by atomic mass is 19.1. The first-order chi connectivity index (χ1) is 16.5. The molecule has 2 N–H and O–H groups in total. The number of halogens is 1. The van der Waals surface area contributed by atoms with Crippen LogP contribution < -0.4 is 15.8 Å². The Kier molecular flexibility index (Phi) is 5.28. The van der Waals surface area contributed by atoms with Crippen LogP contribution in [0.2, 0.25) is 0 Å². The van der Waals surface area contributed by atoms with Gasteiger partial charge in [-0.3, -0.25) is 19.5 Å². The van der Waals surface area contributed by atoms with E-state index in [4.69, 9.17) is 0 Å². The van der Waals surface area contributed by atoms with Crippen molar-refractivity contribution in [3.05, 3.63) is 58.1 Å². The number of amides is 1. The second-order valence-corrected chi connectivity index (χ2v) is 9.62. The van der Waals surface area contributed by atoms with Crippen LogP contribution in [0.4, 0.5) is 15.9 Å². The molecule has 1 aliphatic heterocycles. The zero-order valence-electron chi connectivity index (χ0n) is 18.8. The quantitative estimate of drug-likeness (QED) is 0.585. The summed E-state index contributed by atoms with van der Waals surface area (Å²) in [6.07, 6.45) is 5.15. The van der Waals surface area contributed by atoms with E-state index < -0.39 is 12.1 Å². The molecule has 8 nitrogen and oxygen atoms in total. The number of hydrogen-bond donors (Lipinski definition) is 2. The lowest BCUT2D eigenvalue weighted by Crippen LogP contribution is -2.46. The number of H-pyrrole nitrogens is 1. The van der Waals surface area contributed by atoms with Crippen molar-refractivity contribution in [2.75, 3.05) is 36.4 Å². The molecule has 2 atom stereocenters. The number of alkyl halides is 1. The fourth-order valence-electron chi connectivity index (χ4n) is 4.65. The van der Waals surface area contributed by atoms with E-state index in [-0.39, 0.29) is 11.5 Å². The number of fused-ring (bicyclic) bond motifs is 1. The van der Waals surface area contributed by atoms with Gasteiger partial charge in [0.2, 0.25) is 5.91 Å². The maximum Gasteiger partial charge on any atom is 0.252 e. The summed E-state index contributed by atoms with van der Waals surface area (Å²) in [7, 11) is 0. The lowest BCUT2D eigenvalue weighted by atomic mass is 10.1. The van der Waals surface area contributed by atoms with Crippen LogP contribution in [0.1, 0.15) is 36.3 Å². The molecule has 3 aliphatic rings. The second kappa shape index (κ2) is 8.47. The minimum atomic E-state index is -1.01. The number of aromatic nitrogens is 3. The summed E-state index contributed by atoms with van der Waals surface area (Å²) in [5.74, 6) is 0.0466. The number of pyridine rings is 3. The van der Waals surface area contributed by atoms with Crippen molar-refractivity contribution in [3.63, 3.8) is 0 Å². The third-order valence-corrected chi connectivity index (χ3v) is 6.99. The number of carbonyl (C=O) groups excluding carboxylic acids is 1. The van der Waals surface area contributed by atoms with Crippen LogP contribution in [0.3, 0.4) is 0 Å². The van der Waals surface area contributed by atoms with Gasteiger partial charge in [-0.2, -0.15) is 0 Å². The minimum absolute atomic E-state index is 0.0147. The lowest BCUT2D eigenvalue weighted by Gasteiger charge is -2.36.